The Bertz CT molecular complexity index is 970. The minimum absolute atomic E-state index is 0.310. The van der Waals surface area contributed by atoms with Gasteiger partial charge in [-0.25, -0.2) is 0 Å². The molecule has 2 atom stereocenters. The molecule has 164 valence electrons. The summed E-state index contributed by atoms with van der Waals surface area (Å²) in [5.74, 6) is -1.76. The van der Waals surface area contributed by atoms with E-state index in [4.69, 9.17) is 9.47 Å². The summed E-state index contributed by atoms with van der Waals surface area (Å²) < 4.78 is 11.1. The van der Waals surface area contributed by atoms with E-state index in [1.54, 1.807) is 41.8 Å². The van der Waals surface area contributed by atoms with Gasteiger partial charge in [-0.2, -0.15) is 0 Å². The first-order valence-corrected chi connectivity index (χ1v) is 10.8. The van der Waals surface area contributed by atoms with Gasteiger partial charge in [-0.15, -0.1) is 11.3 Å². The molecule has 2 aromatic rings. The first-order valence-electron chi connectivity index (χ1n) is 9.88. The summed E-state index contributed by atoms with van der Waals surface area (Å²) >= 11 is 1.26. The average molecular weight is 443 g/mol. The molecule has 2 heterocycles. The van der Waals surface area contributed by atoms with Crippen LogP contribution in [0.3, 0.4) is 0 Å². The molecule has 0 spiro atoms. The maximum absolute atomic E-state index is 13.2. The van der Waals surface area contributed by atoms with E-state index < -0.39 is 23.7 Å². The van der Waals surface area contributed by atoms with Crippen LogP contribution in [0, 0.1) is 5.92 Å². The Morgan fingerprint density at radius 1 is 1.26 bits per heavy atom. The second-order valence-electron chi connectivity index (χ2n) is 7.44. The van der Waals surface area contributed by atoms with Crippen LogP contribution in [0.25, 0.3) is 0 Å². The highest BCUT2D eigenvalue weighted by Gasteiger charge is 2.51. The number of Topliss-reactive ketones (excluding diaryl/α,β-unsaturated/α-hetero) is 2. The van der Waals surface area contributed by atoms with Gasteiger partial charge in [0.05, 0.1) is 18.0 Å². The van der Waals surface area contributed by atoms with Crippen molar-refractivity contribution in [3.8, 4) is 11.5 Å². The molecule has 0 aliphatic carbocycles. The van der Waals surface area contributed by atoms with Crippen molar-refractivity contribution in [2.24, 2.45) is 5.92 Å². The van der Waals surface area contributed by atoms with Crippen LogP contribution in [0.5, 0.6) is 11.5 Å². The van der Waals surface area contributed by atoms with E-state index in [2.05, 4.69) is 6.58 Å². The fourth-order valence-electron chi connectivity index (χ4n) is 3.62. The summed E-state index contributed by atoms with van der Waals surface area (Å²) in [4.78, 5) is 43.0. The lowest BCUT2D eigenvalue weighted by Gasteiger charge is -2.28. The Balaban J connectivity index is 2.05. The molecule has 0 bridgehead atoms. The number of likely N-dealkylation sites (tertiary alicyclic amines) is 1. The van der Waals surface area contributed by atoms with Gasteiger partial charge in [-0.1, -0.05) is 24.8 Å². The zero-order valence-corrected chi connectivity index (χ0v) is 18.7. The first-order chi connectivity index (χ1) is 14.9. The van der Waals surface area contributed by atoms with Crippen molar-refractivity contribution in [3.05, 3.63) is 58.8 Å². The molecule has 3 rings (SSSR count). The molecule has 0 saturated carbocycles. The van der Waals surface area contributed by atoms with Crippen LogP contribution in [-0.4, -0.2) is 68.2 Å². The fourth-order valence-corrected chi connectivity index (χ4v) is 4.32. The maximum atomic E-state index is 13.2. The van der Waals surface area contributed by atoms with Crippen molar-refractivity contribution in [1.82, 2.24) is 9.80 Å². The van der Waals surface area contributed by atoms with Gasteiger partial charge in [0.1, 0.15) is 12.5 Å². The van der Waals surface area contributed by atoms with Crippen LogP contribution < -0.4 is 9.47 Å². The van der Waals surface area contributed by atoms with E-state index in [0.717, 1.165) is 0 Å². The number of ketones is 2. The molecule has 0 N–H and O–H groups in total. The van der Waals surface area contributed by atoms with Crippen LogP contribution in [-0.2, 0) is 9.59 Å². The highest BCUT2D eigenvalue weighted by molar-refractivity contribution is 7.12. The van der Waals surface area contributed by atoms with Gasteiger partial charge in [-0.3, -0.25) is 14.4 Å². The van der Waals surface area contributed by atoms with E-state index in [-0.39, 0.29) is 5.78 Å². The van der Waals surface area contributed by atoms with Gasteiger partial charge in [-0.05, 0) is 43.2 Å². The summed E-state index contributed by atoms with van der Waals surface area (Å²) in [5, 5.41) is 1.78. The van der Waals surface area contributed by atoms with Crippen molar-refractivity contribution in [2.75, 3.05) is 40.9 Å². The van der Waals surface area contributed by atoms with Crippen molar-refractivity contribution in [3.63, 3.8) is 0 Å². The lowest BCUT2D eigenvalue weighted by Crippen LogP contribution is -2.36. The zero-order chi connectivity index (χ0) is 22.5. The Kier molecular flexibility index (Phi) is 7.25. The van der Waals surface area contributed by atoms with E-state index >= 15 is 0 Å². The molecule has 1 saturated heterocycles. The molecule has 2 unspecified atom stereocenters. The lowest BCUT2D eigenvalue weighted by molar-refractivity contribution is -0.140. The van der Waals surface area contributed by atoms with Crippen molar-refractivity contribution in [1.29, 1.82) is 0 Å². The molecular weight excluding hydrogens is 416 g/mol. The second kappa shape index (κ2) is 9.89. The van der Waals surface area contributed by atoms with Crippen molar-refractivity contribution < 1.29 is 23.9 Å². The Morgan fingerprint density at radius 2 is 2.03 bits per heavy atom. The number of amides is 1. The monoisotopic (exact) mass is 442 g/mol. The third-order valence-electron chi connectivity index (χ3n) is 5.13. The summed E-state index contributed by atoms with van der Waals surface area (Å²) in [6, 6.07) is 7.95. The molecule has 1 amide bonds. The molecule has 0 radical (unpaired) electrons. The quantitative estimate of drug-likeness (QED) is 0.244. The van der Waals surface area contributed by atoms with Gasteiger partial charge in [0.15, 0.2) is 17.3 Å². The van der Waals surface area contributed by atoms with Crippen LogP contribution in [0.4, 0.5) is 0 Å². The van der Waals surface area contributed by atoms with Crippen LogP contribution in [0.2, 0.25) is 0 Å². The smallest absolute Gasteiger partial charge is 0.291 e. The molecule has 8 heteroatoms. The largest absolute Gasteiger partial charge is 0.493 e. The van der Waals surface area contributed by atoms with Crippen LogP contribution in [0.15, 0.2) is 48.4 Å². The third kappa shape index (κ3) is 4.70. The molecular formula is C23H26N2O5S. The van der Waals surface area contributed by atoms with Gasteiger partial charge in [0.25, 0.3) is 5.91 Å². The van der Waals surface area contributed by atoms with Crippen molar-refractivity contribution in [2.45, 2.75) is 6.04 Å². The third-order valence-corrected chi connectivity index (χ3v) is 6.01. The summed E-state index contributed by atoms with van der Waals surface area (Å²) in [6.07, 6.45) is 1.63. The Labute approximate surface area is 185 Å². The number of methoxy groups -OCH3 is 1. The van der Waals surface area contributed by atoms with E-state index in [1.165, 1.54) is 23.3 Å². The number of ether oxygens (including phenoxy) is 2. The average Bonchev–Trinajstić information content (AvgIpc) is 3.38. The Hall–Kier alpha value is -2.97. The number of nitrogens with zero attached hydrogens (tertiary/aromatic N) is 2. The van der Waals surface area contributed by atoms with E-state index in [0.29, 0.717) is 41.6 Å². The predicted molar refractivity (Wildman–Crippen MR) is 119 cm³/mol. The van der Waals surface area contributed by atoms with Crippen LogP contribution >= 0.6 is 11.3 Å². The molecule has 1 fully saturated rings. The maximum Gasteiger partial charge on any atom is 0.291 e. The Morgan fingerprint density at radius 3 is 2.65 bits per heavy atom. The minimum Gasteiger partial charge on any atom is -0.493 e. The number of hydrogen-bond acceptors (Lipinski definition) is 7. The topological polar surface area (TPSA) is 76.2 Å². The first kappa shape index (κ1) is 22.7. The van der Waals surface area contributed by atoms with Gasteiger partial charge in [0, 0.05) is 13.1 Å². The van der Waals surface area contributed by atoms with Crippen LogP contribution in [0.1, 0.15) is 21.3 Å². The molecule has 1 aliphatic heterocycles. The highest BCUT2D eigenvalue weighted by atomic mass is 32.1. The molecule has 1 aliphatic rings. The number of hydrogen-bond donors (Lipinski definition) is 0. The predicted octanol–water partition coefficient (Wildman–Crippen LogP) is 2.83. The van der Waals surface area contributed by atoms with Gasteiger partial charge < -0.3 is 19.3 Å². The molecule has 1 aromatic heterocycles. The number of benzene rings is 1. The van der Waals surface area contributed by atoms with Crippen molar-refractivity contribution >= 4 is 28.8 Å². The second-order valence-corrected chi connectivity index (χ2v) is 8.39. The lowest BCUT2D eigenvalue weighted by atomic mass is 9.88. The number of rotatable bonds is 10. The number of likely N-dealkylation sites (N-methyl/N-ethyl adjacent to an activating group) is 1. The molecule has 31 heavy (non-hydrogen) atoms. The highest BCUT2D eigenvalue weighted by Crippen LogP contribution is 2.41. The summed E-state index contributed by atoms with van der Waals surface area (Å²) in [7, 11) is 5.30. The zero-order valence-electron chi connectivity index (χ0n) is 17.9. The standard InChI is InChI=1S/C23H26N2O5S/c1-5-12-30-16-9-8-15(14-17(16)29-4)20-19(21(26)18-7-6-13-31-18)22(27)23(28)25(20)11-10-24(2)3/h5-9,13-14,19-20H,1,10-12H2,2-4H3. The summed E-state index contributed by atoms with van der Waals surface area (Å²) in [6.45, 7) is 4.84. The molecule has 1 aromatic carbocycles. The molecule has 7 nitrogen and oxygen atoms in total. The van der Waals surface area contributed by atoms with E-state index in [9.17, 15) is 14.4 Å². The number of carbonyl (C=O) groups is 3. The number of carbonyl (C=O) groups excluding carboxylic acids is 3. The SMILES string of the molecule is C=CCOc1ccc(C2C(C(=O)c3cccs3)C(=O)C(=O)N2CCN(C)C)cc1OC. The number of thiophene rings is 1. The van der Waals surface area contributed by atoms with Gasteiger partial charge >= 0.3 is 0 Å². The van der Waals surface area contributed by atoms with E-state index in [1.807, 2.05) is 19.0 Å². The van der Waals surface area contributed by atoms with Gasteiger partial charge in [0.2, 0.25) is 5.78 Å². The minimum atomic E-state index is -1.10. The summed E-state index contributed by atoms with van der Waals surface area (Å²) in [5.41, 5.74) is 0.649. The normalized spacial score (nSPS) is 18.5. The fraction of sp³-hybridized carbons (Fsp3) is 0.348.